The van der Waals surface area contributed by atoms with Crippen molar-refractivity contribution in [3.63, 3.8) is 0 Å². The summed E-state index contributed by atoms with van der Waals surface area (Å²) < 4.78 is 0. The predicted molar refractivity (Wildman–Crippen MR) is 53.2 cm³/mol. The standard InChI is InChI=1S/C10H22N2/c1-2-3-4-8-12(9-7-11)10-5-6-10/h10H,2-9,11H2,1H3. The Labute approximate surface area is 76.1 Å². The van der Waals surface area contributed by atoms with Crippen LogP contribution in [0.15, 0.2) is 0 Å². The molecule has 72 valence electrons. The molecule has 1 aliphatic carbocycles. The van der Waals surface area contributed by atoms with Crippen molar-refractivity contribution in [2.24, 2.45) is 5.73 Å². The molecular weight excluding hydrogens is 148 g/mol. The average Bonchev–Trinajstić information content (AvgIpc) is 2.86. The van der Waals surface area contributed by atoms with Crippen LogP contribution in [-0.2, 0) is 0 Å². The molecule has 1 saturated carbocycles. The van der Waals surface area contributed by atoms with Crippen molar-refractivity contribution in [1.82, 2.24) is 4.90 Å². The van der Waals surface area contributed by atoms with E-state index in [0.29, 0.717) is 0 Å². The average molecular weight is 170 g/mol. The summed E-state index contributed by atoms with van der Waals surface area (Å²) in [4.78, 5) is 2.57. The second kappa shape index (κ2) is 5.55. The molecule has 2 nitrogen and oxygen atoms in total. The molecule has 0 heterocycles. The van der Waals surface area contributed by atoms with Crippen LogP contribution in [0.2, 0.25) is 0 Å². The molecule has 1 fully saturated rings. The third-order valence-electron chi connectivity index (χ3n) is 2.53. The molecule has 0 aromatic rings. The molecule has 0 bridgehead atoms. The van der Waals surface area contributed by atoms with Gasteiger partial charge in [-0.1, -0.05) is 19.8 Å². The van der Waals surface area contributed by atoms with Crippen LogP contribution in [-0.4, -0.2) is 30.6 Å². The van der Waals surface area contributed by atoms with Gasteiger partial charge in [-0.25, -0.2) is 0 Å². The third kappa shape index (κ3) is 3.55. The van der Waals surface area contributed by atoms with Gasteiger partial charge >= 0.3 is 0 Å². The maximum atomic E-state index is 5.56. The molecule has 0 unspecified atom stereocenters. The van der Waals surface area contributed by atoms with Gasteiger partial charge in [-0.3, -0.25) is 4.90 Å². The Morgan fingerprint density at radius 2 is 2.00 bits per heavy atom. The van der Waals surface area contributed by atoms with Crippen LogP contribution >= 0.6 is 0 Å². The highest BCUT2D eigenvalue weighted by atomic mass is 15.2. The van der Waals surface area contributed by atoms with Crippen molar-refractivity contribution < 1.29 is 0 Å². The first-order valence-electron chi connectivity index (χ1n) is 5.32. The highest BCUT2D eigenvalue weighted by Crippen LogP contribution is 2.26. The predicted octanol–water partition coefficient (Wildman–Crippen LogP) is 1.60. The number of unbranched alkanes of at least 4 members (excludes halogenated alkanes) is 2. The van der Waals surface area contributed by atoms with Gasteiger partial charge < -0.3 is 5.73 Å². The highest BCUT2D eigenvalue weighted by Gasteiger charge is 2.27. The molecule has 0 aliphatic heterocycles. The fourth-order valence-electron chi connectivity index (χ4n) is 1.65. The van der Waals surface area contributed by atoms with Crippen LogP contribution in [0.1, 0.15) is 39.0 Å². The lowest BCUT2D eigenvalue weighted by Crippen LogP contribution is -2.32. The van der Waals surface area contributed by atoms with Crippen molar-refractivity contribution in [2.45, 2.75) is 45.1 Å². The van der Waals surface area contributed by atoms with Gasteiger partial charge in [-0.2, -0.15) is 0 Å². The first-order chi connectivity index (χ1) is 5.88. The minimum absolute atomic E-state index is 0.822. The molecule has 0 aromatic heterocycles. The zero-order valence-electron chi connectivity index (χ0n) is 8.26. The fraction of sp³-hybridized carbons (Fsp3) is 1.00. The van der Waals surface area contributed by atoms with Crippen LogP contribution in [0, 0.1) is 0 Å². The third-order valence-corrected chi connectivity index (χ3v) is 2.53. The van der Waals surface area contributed by atoms with E-state index in [-0.39, 0.29) is 0 Å². The second-order valence-corrected chi connectivity index (χ2v) is 3.76. The van der Waals surface area contributed by atoms with Crippen LogP contribution in [0.5, 0.6) is 0 Å². The van der Waals surface area contributed by atoms with E-state index in [4.69, 9.17) is 5.73 Å². The second-order valence-electron chi connectivity index (χ2n) is 3.76. The quantitative estimate of drug-likeness (QED) is 0.588. The van der Waals surface area contributed by atoms with E-state index < -0.39 is 0 Å². The van der Waals surface area contributed by atoms with E-state index in [1.807, 2.05) is 0 Å². The minimum atomic E-state index is 0.822. The van der Waals surface area contributed by atoms with Crippen LogP contribution in [0.3, 0.4) is 0 Å². The van der Waals surface area contributed by atoms with Crippen molar-refractivity contribution >= 4 is 0 Å². The zero-order valence-corrected chi connectivity index (χ0v) is 8.26. The highest BCUT2D eigenvalue weighted by molar-refractivity contribution is 4.84. The van der Waals surface area contributed by atoms with Crippen LogP contribution < -0.4 is 5.73 Å². The van der Waals surface area contributed by atoms with Gasteiger partial charge in [0.1, 0.15) is 0 Å². The maximum Gasteiger partial charge on any atom is 0.0108 e. The van der Waals surface area contributed by atoms with Gasteiger partial charge in [-0.05, 0) is 25.8 Å². The number of hydrogen-bond donors (Lipinski definition) is 1. The molecule has 2 heteroatoms. The molecule has 0 radical (unpaired) electrons. The van der Waals surface area contributed by atoms with Gasteiger partial charge in [0.25, 0.3) is 0 Å². The monoisotopic (exact) mass is 170 g/mol. The maximum absolute atomic E-state index is 5.56. The molecule has 0 aromatic carbocycles. The number of nitrogens with zero attached hydrogens (tertiary/aromatic N) is 1. The normalized spacial score (nSPS) is 17.2. The summed E-state index contributed by atoms with van der Waals surface area (Å²) in [6.07, 6.45) is 6.86. The van der Waals surface area contributed by atoms with Gasteiger partial charge in [0.2, 0.25) is 0 Å². The first kappa shape index (κ1) is 10.0. The Kier molecular flexibility index (Phi) is 4.62. The minimum Gasteiger partial charge on any atom is -0.329 e. The lowest BCUT2D eigenvalue weighted by Gasteiger charge is -2.20. The van der Waals surface area contributed by atoms with E-state index in [2.05, 4.69) is 11.8 Å². The van der Waals surface area contributed by atoms with Gasteiger partial charge in [0.15, 0.2) is 0 Å². The van der Waals surface area contributed by atoms with Gasteiger partial charge in [0, 0.05) is 19.1 Å². The summed E-state index contributed by atoms with van der Waals surface area (Å²) in [7, 11) is 0. The van der Waals surface area contributed by atoms with Crippen LogP contribution in [0.4, 0.5) is 0 Å². The lowest BCUT2D eigenvalue weighted by atomic mass is 10.2. The molecule has 12 heavy (non-hydrogen) atoms. The zero-order chi connectivity index (χ0) is 8.81. The van der Waals surface area contributed by atoms with E-state index in [1.165, 1.54) is 38.6 Å². The molecular formula is C10H22N2. The van der Waals surface area contributed by atoms with E-state index in [1.54, 1.807) is 0 Å². The molecule has 1 rings (SSSR count). The molecule has 0 spiro atoms. The summed E-state index contributed by atoms with van der Waals surface area (Å²) in [6, 6.07) is 0.894. The van der Waals surface area contributed by atoms with E-state index in [0.717, 1.165) is 19.1 Å². The van der Waals surface area contributed by atoms with E-state index in [9.17, 15) is 0 Å². The number of rotatable bonds is 7. The van der Waals surface area contributed by atoms with Crippen molar-refractivity contribution in [3.05, 3.63) is 0 Å². The van der Waals surface area contributed by atoms with E-state index >= 15 is 0 Å². The molecule has 0 atom stereocenters. The Morgan fingerprint density at radius 3 is 2.50 bits per heavy atom. The smallest absolute Gasteiger partial charge is 0.0108 e. The molecule has 0 amide bonds. The first-order valence-corrected chi connectivity index (χ1v) is 5.32. The number of nitrogens with two attached hydrogens (primary N) is 1. The number of hydrogen-bond acceptors (Lipinski definition) is 2. The van der Waals surface area contributed by atoms with Crippen molar-refractivity contribution in [3.8, 4) is 0 Å². The largest absolute Gasteiger partial charge is 0.329 e. The van der Waals surface area contributed by atoms with Crippen molar-refractivity contribution in [2.75, 3.05) is 19.6 Å². The molecule has 1 aliphatic rings. The molecule has 0 saturated heterocycles. The Bertz CT molecular complexity index is 110. The summed E-state index contributed by atoms with van der Waals surface area (Å²) in [5.74, 6) is 0. The SMILES string of the molecule is CCCCCN(CCN)C1CC1. The summed E-state index contributed by atoms with van der Waals surface area (Å²) in [5, 5.41) is 0. The Hall–Kier alpha value is -0.0800. The Balaban J connectivity index is 2.05. The van der Waals surface area contributed by atoms with Gasteiger partial charge in [-0.15, -0.1) is 0 Å². The molecule has 2 N–H and O–H groups in total. The van der Waals surface area contributed by atoms with Crippen molar-refractivity contribution in [1.29, 1.82) is 0 Å². The fourth-order valence-corrected chi connectivity index (χ4v) is 1.65. The lowest BCUT2D eigenvalue weighted by molar-refractivity contribution is 0.265. The Morgan fingerprint density at radius 1 is 1.25 bits per heavy atom. The van der Waals surface area contributed by atoms with Gasteiger partial charge in [0.05, 0.1) is 0 Å². The van der Waals surface area contributed by atoms with Crippen LogP contribution in [0.25, 0.3) is 0 Å². The summed E-state index contributed by atoms with van der Waals surface area (Å²) >= 11 is 0. The summed E-state index contributed by atoms with van der Waals surface area (Å²) in [5.41, 5.74) is 5.56. The summed E-state index contributed by atoms with van der Waals surface area (Å²) in [6.45, 7) is 5.46. The topological polar surface area (TPSA) is 29.3 Å².